The summed E-state index contributed by atoms with van der Waals surface area (Å²) in [7, 11) is 0. The molecule has 0 saturated heterocycles. The fraction of sp³-hybridized carbons (Fsp3) is 0.812. The third-order valence-corrected chi connectivity index (χ3v) is 3.87. The topological polar surface area (TPSA) is 17.8 Å². The number of unbranched alkanes of at least 4 members (excludes halogenated alkanes) is 9. The lowest BCUT2D eigenvalue weighted by atomic mass is 10.1. The van der Waals surface area contributed by atoms with Gasteiger partial charge in [0.1, 0.15) is 0 Å². The van der Waals surface area contributed by atoms with Crippen molar-refractivity contribution in [2.45, 2.75) is 83.6 Å². The highest BCUT2D eigenvalue weighted by Gasteiger charge is 1.97. The molecule has 0 unspecified atom stereocenters. The van der Waals surface area contributed by atoms with Crippen molar-refractivity contribution in [3.8, 4) is 0 Å². The van der Waals surface area contributed by atoms with Gasteiger partial charge in [-0.25, -0.2) is 4.98 Å². The summed E-state index contributed by atoms with van der Waals surface area (Å²) in [6.45, 7) is 3.36. The van der Waals surface area contributed by atoms with Crippen molar-refractivity contribution in [2.24, 2.45) is 0 Å². The van der Waals surface area contributed by atoms with Gasteiger partial charge < -0.3 is 4.57 Å². The highest BCUT2D eigenvalue weighted by atomic mass is 35.5. The van der Waals surface area contributed by atoms with E-state index in [-0.39, 0.29) is 0 Å². The molecule has 1 aromatic heterocycles. The summed E-state index contributed by atoms with van der Waals surface area (Å²) < 4.78 is 2.16. The summed E-state index contributed by atoms with van der Waals surface area (Å²) in [5.74, 6) is 0.519. The lowest BCUT2D eigenvalue weighted by Gasteiger charge is -2.03. The summed E-state index contributed by atoms with van der Waals surface area (Å²) in [5, 5.41) is 0. The van der Waals surface area contributed by atoms with Crippen molar-refractivity contribution in [1.82, 2.24) is 9.55 Å². The molecular formula is C16H29ClN2. The summed E-state index contributed by atoms with van der Waals surface area (Å²) >= 11 is 5.73. The van der Waals surface area contributed by atoms with Crippen LogP contribution in [0.5, 0.6) is 0 Å². The molecule has 1 aromatic rings. The molecule has 0 radical (unpaired) electrons. The van der Waals surface area contributed by atoms with E-state index in [9.17, 15) is 0 Å². The highest BCUT2D eigenvalue weighted by Crippen LogP contribution is 2.11. The number of nitrogens with zero attached hydrogens (tertiary/aromatic N) is 2. The quantitative estimate of drug-likeness (QED) is 0.364. The Bertz CT molecular complexity index is 309. The van der Waals surface area contributed by atoms with Crippen LogP contribution < -0.4 is 0 Å². The van der Waals surface area contributed by atoms with Crippen LogP contribution in [0.1, 0.15) is 76.8 Å². The molecule has 0 aliphatic carbocycles. The van der Waals surface area contributed by atoms with Gasteiger partial charge in [-0.15, -0.1) is 11.6 Å². The van der Waals surface area contributed by atoms with Crippen LogP contribution in [0.4, 0.5) is 0 Å². The maximum atomic E-state index is 5.73. The van der Waals surface area contributed by atoms with E-state index in [0.717, 1.165) is 12.2 Å². The largest absolute Gasteiger partial charge is 0.337 e. The SMILES string of the molecule is CCCCCCCCCCCCn1cnc(CCl)c1. The first kappa shape index (κ1) is 16.6. The van der Waals surface area contributed by atoms with Crippen molar-refractivity contribution in [2.75, 3.05) is 0 Å². The van der Waals surface area contributed by atoms with Gasteiger partial charge in [0.15, 0.2) is 0 Å². The van der Waals surface area contributed by atoms with Gasteiger partial charge in [0, 0.05) is 12.7 Å². The fourth-order valence-corrected chi connectivity index (χ4v) is 2.52. The summed E-state index contributed by atoms with van der Waals surface area (Å²) in [6, 6.07) is 0. The second-order valence-corrected chi connectivity index (χ2v) is 5.69. The molecule has 0 bridgehead atoms. The Morgan fingerprint density at radius 3 is 2.05 bits per heavy atom. The number of imidazole rings is 1. The maximum absolute atomic E-state index is 5.73. The third kappa shape index (κ3) is 8.30. The molecule has 0 N–H and O–H groups in total. The summed E-state index contributed by atoms with van der Waals surface area (Å²) in [6.07, 6.45) is 17.8. The number of halogens is 1. The Morgan fingerprint density at radius 2 is 1.53 bits per heavy atom. The van der Waals surface area contributed by atoms with Gasteiger partial charge in [0.05, 0.1) is 17.9 Å². The van der Waals surface area contributed by atoms with E-state index in [2.05, 4.69) is 22.7 Å². The van der Waals surface area contributed by atoms with Crippen LogP contribution in [0.25, 0.3) is 0 Å². The average molecular weight is 285 g/mol. The van der Waals surface area contributed by atoms with Gasteiger partial charge in [0.2, 0.25) is 0 Å². The standard InChI is InChI=1S/C16H29ClN2/c1-2-3-4-5-6-7-8-9-10-11-12-19-14-16(13-17)18-15-19/h14-15H,2-13H2,1H3. The Hall–Kier alpha value is -0.500. The average Bonchev–Trinajstić information content (AvgIpc) is 2.89. The second kappa shape index (κ2) is 11.3. The highest BCUT2D eigenvalue weighted by molar-refractivity contribution is 6.16. The van der Waals surface area contributed by atoms with E-state index in [4.69, 9.17) is 11.6 Å². The molecule has 0 fully saturated rings. The van der Waals surface area contributed by atoms with Crippen LogP contribution in [-0.4, -0.2) is 9.55 Å². The van der Waals surface area contributed by atoms with Crippen molar-refractivity contribution in [3.63, 3.8) is 0 Å². The Kier molecular flexibility index (Phi) is 9.88. The first-order valence-electron chi connectivity index (χ1n) is 7.93. The molecule has 0 aromatic carbocycles. The minimum atomic E-state index is 0.519. The Labute approximate surface area is 123 Å². The maximum Gasteiger partial charge on any atom is 0.0949 e. The van der Waals surface area contributed by atoms with Crippen molar-refractivity contribution in [1.29, 1.82) is 0 Å². The van der Waals surface area contributed by atoms with Crippen molar-refractivity contribution in [3.05, 3.63) is 18.2 Å². The van der Waals surface area contributed by atoms with Gasteiger partial charge >= 0.3 is 0 Å². The summed E-state index contributed by atoms with van der Waals surface area (Å²) in [5.41, 5.74) is 0.980. The fourth-order valence-electron chi connectivity index (χ4n) is 2.38. The summed E-state index contributed by atoms with van der Waals surface area (Å²) in [4.78, 5) is 4.23. The number of alkyl halides is 1. The molecule has 19 heavy (non-hydrogen) atoms. The molecule has 0 atom stereocenters. The van der Waals surface area contributed by atoms with E-state index in [0.29, 0.717) is 5.88 Å². The van der Waals surface area contributed by atoms with Gasteiger partial charge in [0.25, 0.3) is 0 Å². The van der Waals surface area contributed by atoms with Crippen LogP contribution in [0.15, 0.2) is 12.5 Å². The minimum absolute atomic E-state index is 0.519. The number of aryl methyl sites for hydroxylation is 1. The normalized spacial score (nSPS) is 11.1. The zero-order valence-electron chi connectivity index (χ0n) is 12.4. The van der Waals surface area contributed by atoms with E-state index in [1.165, 1.54) is 64.2 Å². The predicted molar refractivity (Wildman–Crippen MR) is 83.6 cm³/mol. The predicted octanol–water partition coefficient (Wildman–Crippen LogP) is 5.54. The molecule has 1 rings (SSSR count). The second-order valence-electron chi connectivity index (χ2n) is 5.42. The van der Waals surface area contributed by atoms with Crippen molar-refractivity contribution >= 4 is 11.6 Å². The molecule has 1 heterocycles. The lowest BCUT2D eigenvalue weighted by Crippen LogP contribution is -1.94. The monoisotopic (exact) mass is 284 g/mol. The van der Waals surface area contributed by atoms with Gasteiger partial charge in [-0.3, -0.25) is 0 Å². The lowest BCUT2D eigenvalue weighted by molar-refractivity contribution is 0.534. The smallest absolute Gasteiger partial charge is 0.0949 e. The molecule has 0 aliphatic rings. The minimum Gasteiger partial charge on any atom is -0.337 e. The third-order valence-electron chi connectivity index (χ3n) is 3.59. The van der Waals surface area contributed by atoms with Gasteiger partial charge in [-0.05, 0) is 6.42 Å². The molecule has 0 amide bonds. The Balaban J connectivity index is 1.86. The molecule has 110 valence electrons. The zero-order valence-corrected chi connectivity index (χ0v) is 13.2. The van der Waals surface area contributed by atoms with Gasteiger partial charge in [-0.2, -0.15) is 0 Å². The molecule has 0 aliphatic heterocycles. The molecular weight excluding hydrogens is 256 g/mol. The molecule has 3 heteroatoms. The van der Waals surface area contributed by atoms with Crippen LogP contribution >= 0.6 is 11.6 Å². The van der Waals surface area contributed by atoms with Crippen LogP contribution in [0.3, 0.4) is 0 Å². The first-order chi connectivity index (χ1) is 9.36. The van der Waals surface area contributed by atoms with Crippen LogP contribution in [0.2, 0.25) is 0 Å². The van der Waals surface area contributed by atoms with E-state index in [1.54, 1.807) is 0 Å². The zero-order chi connectivity index (χ0) is 13.8. The number of rotatable bonds is 12. The van der Waals surface area contributed by atoms with Crippen LogP contribution in [0, 0.1) is 0 Å². The number of hydrogen-bond donors (Lipinski definition) is 0. The van der Waals surface area contributed by atoms with E-state index >= 15 is 0 Å². The van der Waals surface area contributed by atoms with E-state index < -0.39 is 0 Å². The Morgan fingerprint density at radius 1 is 0.947 bits per heavy atom. The molecule has 2 nitrogen and oxygen atoms in total. The van der Waals surface area contributed by atoms with Gasteiger partial charge in [-0.1, -0.05) is 64.7 Å². The van der Waals surface area contributed by atoms with Crippen LogP contribution in [-0.2, 0) is 12.4 Å². The number of aromatic nitrogens is 2. The molecule has 0 saturated carbocycles. The molecule has 0 spiro atoms. The van der Waals surface area contributed by atoms with Crippen molar-refractivity contribution < 1.29 is 0 Å². The van der Waals surface area contributed by atoms with E-state index in [1.807, 2.05) is 6.33 Å². The number of hydrogen-bond acceptors (Lipinski definition) is 1. The first-order valence-corrected chi connectivity index (χ1v) is 8.47.